The van der Waals surface area contributed by atoms with Crippen molar-refractivity contribution in [3.8, 4) is 5.75 Å². The zero-order valence-electron chi connectivity index (χ0n) is 12.0. The lowest BCUT2D eigenvalue weighted by Gasteiger charge is -2.12. The van der Waals surface area contributed by atoms with Gasteiger partial charge in [0.05, 0.1) is 15.7 Å². The molecule has 0 fully saturated rings. The molecule has 114 valence electrons. The van der Waals surface area contributed by atoms with Gasteiger partial charge in [0, 0.05) is 16.3 Å². The molecule has 2 N–H and O–H groups in total. The minimum absolute atomic E-state index is 0.391. The van der Waals surface area contributed by atoms with Gasteiger partial charge in [-0.2, -0.15) is 0 Å². The van der Waals surface area contributed by atoms with Crippen molar-refractivity contribution in [2.45, 2.75) is 32.8 Å². The fourth-order valence-corrected chi connectivity index (χ4v) is 3.33. The van der Waals surface area contributed by atoms with Crippen LogP contribution in [0.4, 0.5) is 0 Å². The zero-order chi connectivity index (χ0) is 15.4. The van der Waals surface area contributed by atoms with Crippen LogP contribution in [-0.2, 0) is 13.0 Å². The summed E-state index contributed by atoms with van der Waals surface area (Å²) in [7, 11) is 0. The lowest BCUT2D eigenvalue weighted by molar-refractivity contribution is 0.299. The average molecular weight is 345 g/mol. The molecule has 1 aromatic heterocycles. The largest absolute Gasteiger partial charge is 0.485 e. The molecule has 0 amide bonds. The molecule has 6 heteroatoms. The van der Waals surface area contributed by atoms with Gasteiger partial charge in [-0.25, -0.2) is 4.98 Å². The minimum atomic E-state index is 0.391. The van der Waals surface area contributed by atoms with E-state index in [9.17, 15) is 0 Å². The molecule has 0 bridgehead atoms. The standard InChI is InChI=1S/C15H18Cl2N2OS/c1-9(2)15-19-12(8-21-15)7-20-14-10(3-4-18)5-11(16)6-13(14)17/h5-6,8-9H,3-4,7,18H2,1-2H3. The Morgan fingerprint density at radius 1 is 1.33 bits per heavy atom. The molecular formula is C15H18Cl2N2OS. The number of nitrogens with two attached hydrogens (primary N) is 1. The highest BCUT2D eigenvalue weighted by atomic mass is 35.5. The van der Waals surface area contributed by atoms with Gasteiger partial charge in [0.2, 0.25) is 0 Å². The van der Waals surface area contributed by atoms with Crippen molar-refractivity contribution < 1.29 is 4.74 Å². The van der Waals surface area contributed by atoms with Crippen molar-refractivity contribution >= 4 is 34.5 Å². The van der Waals surface area contributed by atoms with Gasteiger partial charge in [0.25, 0.3) is 0 Å². The first-order valence-corrected chi connectivity index (χ1v) is 8.40. The number of thiazole rings is 1. The summed E-state index contributed by atoms with van der Waals surface area (Å²) in [6.45, 7) is 5.15. The van der Waals surface area contributed by atoms with Crippen LogP contribution >= 0.6 is 34.5 Å². The van der Waals surface area contributed by atoms with E-state index < -0.39 is 0 Å². The van der Waals surface area contributed by atoms with Gasteiger partial charge in [-0.15, -0.1) is 11.3 Å². The first-order valence-electron chi connectivity index (χ1n) is 6.76. The normalized spacial score (nSPS) is 11.1. The highest BCUT2D eigenvalue weighted by Gasteiger charge is 2.12. The van der Waals surface area contributed by atoms with Crippen molar-refractivity contribution in [1.82, 2.24) is 4.98 Å². The van der Waals surface area contributed by atoms with Gasteiger partial charge in [0.15, 0.2) is 0 Å². The molecule has 0 radical (unpaired) electrons. The fraction of sp³-hybridized carbons (Fsp3) is 0.400. The molecule has 0 aliphatic rings. The van der Waals surface area contributed by atoms with Crippen molar-refractivity contribution in [3.05, 3.63) is 43.8 Å². The van der Waals surface area contributed by atoms with Crippen LogP contribution in [0.25, 0.3) is 0 Å². The summed E-state index contributed by atoms with van der Waals surface area (Å²) in [5.74, 6) is 1.07. The second-order valence-corrected chi connectivity index (χ2v) is 6.77. The van der Waals surface area contributed by atoms with Crippen molar-refractivity contribution in [3.63, 3.8) is 0 Å². The summed E-state index contributed by atoms with van der Waals surface area (Å²) in [6, 6.07) is 3.52. The van der Waals surface area contributed by atoms with Crippen molar-refractivity contribution in [2.75, 3.05) is 6.54 Å². The van der Waals surface area contributed by atoms with Gasteiger partial charge >= 0.3 is 0 Å². The van der Waals surface area contributed by atoms with Gasteiger partial charge in [0.1, 0.15) is 12.4 Å². The monoisotopic (exact) mass is 344 g/mol. The van der Waals surface area contributed by atoms with Crippen LogP contribution in [0.15, 0.2) is 17.5 Å². The predicted molar refractivity (Wildman–Crippen MR) is 89.8 cm³/mol. The van der Waals surface area contributed by atoms with Crippen molar-refractivity contribution in [2.24, 2.45) is 5.73 Å². The molecule has 0 spiro atoms. The van der Waals surface area contributed by atoms with Gasteiger partial charge in [-0.3, -0.25) is 0 Å². The summed E-state index contributed by atoms with van der Waals surface area (Å²) in [5.41, 5.74) is 7.46. The molecule has 0 aliphatic carbocycles. The Morgan fingerprint density at radius 2 is 2.10 bits per heavy atom. The molecule has 1 aromatic carbocycles. The second kappa shape index (κ2) is 7.45. The average Bonchev–Trinajstić information content (AvgIpc) is 2.87. The number of aromatic nitrogens is 1. The Balaban J connectivity index is 2.14. The highest BCUT2D eigenvalue weighted by Crippen LogP contribution is 2.33. The van der Waals surface area contributed by atoms with Gasteiger partial charge < -0.3 is 10.5 Å². The number of rotatable bonds is 6. The number of benzene rings is 1. The fourth-order valence-electron chi connectivity index (χ4n) is 1.92. The third-order valence-corrected chi connectivity index (χ3v) is 4.62. The van der Waals surface area contributed by atoms with Crippen LogP contribution < -0.4 is 10.5 Å². The molecule has 3 nitrogen and oxygen atoms in total. The number of halogens is 2. The van der Waals surface area contributed by atoms with E-state index >= 15 is 0 Å². The highest BCUT2D eigenvalue weighted by molar-refractivity contribution is 7.09. The Hall–Kier alpha value is -0.810. The van der Waals surface area contributed by atoms with Gasteiger partial charge in [-0.1, -0.05) is 37.0 Å². The van der Waals surface area contributed by atoms with E-state index in [2.05, 4.69) is 18.8 Å². The maximum atomic E-state index is 6.22. The Kier molecular flexibility index (Phi) is 5.88. The van der Waals surface area contributed by atoms with E-state index in [1.807, 2.05) is 11.4 Å². The molecule has 2 rings (SSSR count). The molecule has 21 heavy (non-hydrogen) atoms. The molecular weight excluding hydrogens is 327 g/mol. The Bertz CT molecular complexity index is 614. The van der Waals surface area contributed by atoms with Crippen LogP contribution in [0, 0.1) is 0 Å². The molecule has 0 saturated carbocycles. The smallest absolute Gasteiger partial charge is 0.141 e. The molecule has 0 unspecified atom stereocenters. The quantitative estimate of drug-likeness (QED) is 0.829. The van der Waals surface area contributed by atoms with E-state index in [4.69, 9.17) is 33.7 Å². The van der Waals surface area contributed by atoms with Crippen LogP contribution in [-0.4, -0.2) is 11.5 Å². The zero-order valence-corrected chi connectivity index (χ0v) is 14.4. The summed E-state index contributed by atoms with van der Waals surface area (Å²) in [5, 5.41) is 4.22. The van der Waals surface area contributed by atoms with Crippen molar-refractivity contribution in [1.29, 1.82) is 0 Å². The summed E-state index contributed by atoms with van der Waals surface area (Å²) < 4.78 is 5.85. The summed E-state index contributed by atoms with van der Waals surface area (Å²) >= 11 is 13.9. The van der Waals surface area contributed by atoms with Gasteiger partial charge in [-0.05, 0) is 30.7 Å². The van der Waals surface area contributed by atoms with Crippen LogP contribution in [0.2, 0.25) is 10.0 Å². The van der Waals surface area contributed by atoms with E-state index in [1.165, 1.54) is 0 Å². The topological polar surface area (TPSA) is 48.1 Å². The van der Waals surface area contributed by atoms with E-state index in [0.717, 1.165) is 16.3 Å². The minimum Gasteiger partial charge on any atom is -0.485 e. The number of nitrogens with zero attached hydrogens (tertiary/aromatic N) is 1. The maximum absolute atomic E-state index is 6.22. The lowest BCUT2D eigenvalue weighted by atomic mass is 10.1. The van der Waals surface area contributed by atoms with Crippen LogP contribution in [0.1, 0.15) is 36.0 Å². The first kappa shape index (κ1) is 16.6. The summed E-state index contributed by atoms with van der Waals surface area (Å²) in [6.07, 6.45) is 0.671. The molecule has 0 saturated heterocycles. The second-order valence-electron chi connectivity index (χ2n) is 5.03. The molecule has 0 aliphatic heterocycles. The lowest BCUT2D eigenvalue weighted by Crippen LogP contribution is -2.06. The first-order chi connectivity index (χ1) is 10.0. The molecule has 0 atom stereocenters. The number of ether oxygens (including phenoxy) is 1. The Labute approximate surface area is 139 Å². The SMILES string of the molecule is CC(C)c1nc(COc2c(Cl)cc(Cl)cc2CCN)cs1. The van der Waals surface area contributed by atoms with Crippen LogP contribution in [0.5, 0.6) is 5.75 Å². The maximum Gasteiger partial charge on any atom is 0.141 e. The Morgan fingerprint density at radius 3 is 2.71 bits per heavy atom. The van der Waals surface area contributed by atoms with E-state index in [-0.39, 0.29) is 0 Å². The third kappa shape index (κ3) is 4.33. The summed E-state index contributed by atoms with van der Waals surface area (Å²) in [4.78, 5) is 4.55. The third-order valence-electron chi connectivity index (χ3n) is 2.93. The molecule has 1 heterocycles. The van der Waals surface area contributed by atoms with E-state index in [0.29, 0.717) is 41.3 Å². The number of hydrogen-bond acceptors (Lipinski definition) is 4. The molecule has 2 aromatic rings. The predicted octanol–water partition coefficient (Wildman–Crippen LogP) is 4.65. The number of hydrogen-bond donors (Lipinski definition) is 1. The van der Waals surface area contributed by atoms with Crippen LogP contribution in [0.3, 0.4) is 0 Å². The van der Waals surface area contributed by atoms with E-state index in [1.54, 1.807) is 17.4 Å².